The summed E-state index contributed by atoms with van der Waals surface area (Å²) in [5.41, 5.74) is -0.638. The van der Waals surface area contributed by atoms with Gasteiger partial charge in [0.2, 0.25) is 0 Å². The lowest BCUT2D eigenvalue weighted by atomic mass is 9.81. The quantitative estimate of drug-likeness (QED) is 0.445. The van der Waals surface area contributed by atoms with E-state index in [1.807, 2.05) is 0 Å². The third kappa shape index (κ3) is 4.25. The normalized spacial score (nSPS) is 16.7. The monoisotopic (exact) mass is 373 g/mol. The summed E-state index contributed by atoms with van der Waals surface area (Å²) < 4.78 is 5.21. The van der Waals surface area contributed by atoms with Gasteiger partial charge in [-0.2, -0.15) is 5.26 Å². The number of nitriles is 1. The van der Waals surface area contributed by atoms with E-state index in [1.54, 1.807) is 14.0 Å². The summed E-state index contributed by atoms with van der Waals surface area (Å²) in [6.45, 7) is 3.01. The van der Waals surface area contributed by atoms with Crippen molar-refractivity contribution in [2.75, 3.05) is 7.05 Å². The first kappa shape index (κ1) is 20.4. The van der Waals surface area contributed by atoms with Crippen molar-refractivity contribution < 1.29 is 19.2 Å². The second-order valence-electron chi connectivity index (χ2n) is 6.91. The van der Waals surface area contributed by atoms with E-state index in [0.29, 0.717) is 18.4 Å². The number of rotatable bonds is 5. The summed E-state index contributed by atoms with van der Waals surface area (Å²) in [5, 5.41) is 20.6. The zero-order valence-corrected chi connectivity index (χ0v) is 15.7. The molecule has 8 heteroatoms. The fraction of sp³-hybridized carbons (Fsp3) is 0.526. The Labute approximate surface area is 157 Å². The summed E-state index contributed by atoms with van der Waals surface area (Å²) in [4.78, 5) is 36.8. The smallest absolute Gasteiger partial charge is 0.339 e. The number of hydrogen-bond acceptors (Lipinski definition) is 6. The van der Waals surface area contributed by atoms with Crippen molar-refractivity contribution in [2.45, 2.75) is 57.6 Å². The Morgan fingerprint density at radius 3 is 2.52 bits per heavy atom. The molecule has 1 aliphatic rings. The number of amides is 1. The highest BCUT2D eigenvalue weighted by atomic mass is 16.6. The molecule has 0 heterocycles. The van der Waals surface area contributed by atoms with Crippen LogP contribution in [0.25, 0.3) is 0 Å². The van der Waals surface area contributed by atoms with Gasteiger partial charge in [-0.15, -0.1) is 0 Å². The highest BCUT2D eigenvalue weighted by Crippen LogP contribution is 2.33. The molecule has 0 N–H and O–H groups in total. The molecule has 1 fully saturated rings. The van der Waals surface area contributed by atoms with Crippen molar-refractivity contribution in [3.05, 3.63) is 39.4 Å². The maximum Gasteiger partial charge on any atom is 0.339 e. The average Bonchev–Trinajstić information content (AvgIpc) is 2.67. The van der Waals surface area contributed by atoms with Crippen molar-refractivity contribution in [1.82, 2.24) is 4.90 Å². The molecule has 0 aromatic heterocycles. The van der Waals surface area contributed by atoms with E-state index in [2.05, 4.69) is 6.07 Å². The number of carbonyl (C=O) groups excluding carboxylic acids is 2. The van der Waals surface area contributed by atoms with Crippen LogP contribution in [0.5, 0.6) is 0 Å². The van der Waals surface area contributed by atoms with Gasteiger partial charge >= 0.3 is 5.97 Å². The number of nitrogens with zero attached hydrogens (tertiary/aromatic N) is 3. The fourth-order valence-corrected chi connectivity index (χ4v) is 3.35. The Hall–Kier alpha value is -2.95. The number of nitro benzene ring substituents is 1. The molecule has 0 radical (unpaired) electrons. The van der Waals surface area contributed by atoms with Gasteiger partial charge in [-0.1, -0.05) is 25.3 Å². The Morgan fingerprint density at radius 1 is 1.33 bits per heavy atom. The molecule has 1 aromatic carbocycles. The van der Waals surface area contributed by atoms with Gasteiger partial charge in [0.1, 0.15) is 5.54 Å². The molecule has 0 bridgehead atoms. The maximum atomic E-state index is 12.7. The van der Waals surface area contributed by atoms with Gasteiger partial charge in [0.25, 0.3) is 11.6 Å². The maximum absolute atomic E-state index is 12.7. The number of likely N-dealkylation sites (N-methyl/N-ethyl adjacent to an activating group) is 1. The van der Waals surface area contributed by atoms with Gasteiger partial charge in [0.15, 0.2) is 6.10 Å². The van der Waals surface area contributed by atoms with Crippen LogP contribution in [0.4, 0.5) is 5.69 Å². The number of aryl methyl sites for hydroxylation is 1. The fourth-order valence-electron chi connectivity index (χ4n) is 3.35. The zero-order chi connectivity index (χ0) is 20.2. The molecule has 1 aromatic rings. The molecular weight excluding hydrogens is 350 g/mol. The van der Waals surface area contributed by atoms with E-state index in [1.165, 1.54) is 24.0 Å². The first-order valence-corrected chi connectivity index (χ1v) is 8.87. The summed E-state index contributed by atoms with van der Waals surface area (Å²) >= 11 is 0. The van der Waals surface area contributed by atoms with Crippen LogP contribution in [0.15, 0.2) is 18.2 Å². The summed E-state index contributed by atoms with van der Waals surface area (Å²) in [6.07, 6.45) is 2.85. The van der Waals surface area contributed by atoms with Gasteiger partial charge < -0.3 is 9.64 Å². The molecule has 27 heavy (non-hydrogen) atoms. The van der Waals surface area contributed by atoms with Crippen LogP contribution in [0, 0.1) is 28.4 Å². The van der Waals surface area contributed by atoms with Crippen molar-refractivity contribution in [3.8, 4) is 6.07 Å². The van der Waals surface area contributed by atoms with E-state index >= 15 is 0 Å². The third-order valence-corrected chi connectivity index (χ3v) is 5.13. The average molecular weight is 373 g/mol. The molecule has 0 unspecified atom stereocenters. The highest BCUT2D eigenvalue weighted by Gasteiger charge is 2.40. The molecule has 1 atom stereocenters. The molecule has 1 saturated carbocycles. The van der Waals surface area contributed by atoms with Crippen molar-refractivity contribution in [3.63, 3.8) is 0 Å². The second-order valence-corrected chi connectivity index (χ2v) is 6.91. The number of benzene rings is 1. The molecule has 0 aliphatic heterocycles. The van der Waals surface area contributed by atoms with E-state index in [-0.39, 0.29) is 11.3 Å². The number of nitro groups is 1. The summed E-state index contributed by atoms with van der Waals surface area (Å²) in [7, 11) is 1.55. The van der Waals surface area contributed by atoms with Crippen LogP contribution in [-0.2, 0) is 9.53 Å². The molecule has 144 valence electrons. The van der Waals surface area contributed by atoms with Crippen LogP contribution in [0.1, 0.15) is 54.9 Å². The standard InChI is InChI=1S/C19H23N3O5/c1-13-7-8-15(11-16(13)22(25)26)18(24)27-14(2)17(23)21(3)19(12-20)9-5-4-6-10-19/h7-8,11,14H,4-6,9-10H2,1-3H3/t14-/m0/s1. The predicted molar refractivity (Wildman–Crippen MR) is 96.9 cm³/mol. The van der Waals surface area contributed by atoms with Gasteiger partial charge in [-0.25, -0.2) is 4.79 Å². The third-order valence-electron chi connectivity index (χ3n) is 5.13. The van der Waals surface area contributed by atoms with Crippen molar-refractivity contribution in [1.29, 1.82) is 5.26 Å². The largest absolute Gasteiger partial charge is 0.449 e. The summed E-state index contributed by atoms with van der Waals surface area (Å²) in [6, 6.07) is 6.27. The molecule has 0 saturated heterocycles. The minimum Gasteiger partial charge on any atom is -0.449 e. The van der Waals surface area contributed by atoms with Gasteiger partial charge in [-0.05, 0) is 32.8 Å². The molecule has 2 rings (SSSR count). The topological polar surface area (TPSA) is 114 Å². The lowest BCUT2D eigenvalue weighted by Crippen LogP contribution is -2.53. The molecule has 1 amide bonds. The van der Waals surface area contributed by atoms with Crippen LogP contribution < -0.4 is 0 Å². The lowest BCUT2D eigenvalue weighted by molar-refractivity contribution is -0.385. The van der Waals surface area contributed by atoms with Crippen LogP contribution in [0.3, 0.4) is 0 Å². The molecule has 1 aliphatic carbocycles. The minimum atomic E-state index is -1.10. The Bertz CT molecular complexity index is 793. The van der Waals surface area contributed by atoms with Gasteiger partial charge in [0, 0.05) is 18.7 Å². The Morgan fingerprint density at radius 2 is 1.96 bits per heavy atom. The predicted octanol–water partition coefficient (Wildman–Crippen LogP) is 3.13. The highest BCUT2D eigenvalue weighted by molar-refractivity contribution is 5.93. The number of ether oxygens (including phenoxy) is 1. The number of hydrogen-bond donors (Lipinski definition) is 0. The first-order valence-electron chi connectivity index (χ1n) is 8.87. The van der Waals surface area contributed by atoms with Gasteiger partial charge in [-0.3, -0.25) is 14.9 Å². The van der Waals surface area contributed by atoms with Crippen molar-refractivity contribution in [2.24, 2.45) is 0 Å². The van der Waals surface area contributed by atoms with E-state index in [9.17, 15) is 25.0 Å². The SMILES string of the molecule is Cc1ccc(C(=O)O[C@@H](C)C(=O)N(C)C2(C#N)CCCCC2)cc1[N+](=O)[O-]. The second kappa shape index (κ2) is 8.16. The van der Waals surface area contributed by atoms with Crippen LogP contribution in [-0.4, -0.2) is 40.4 Å². The van der Waals surface area contributed by atoms with Gasteiger partial charge in [0.05, 0.1) is 16.6 Å². The van der Waals surface area contributed by atoms with E-state index in [0.717, 1.165) is 25.3 Å². The van der Waals surface area contributed by atoms with E-state index < -0.39 is 28.4 Å². The minimum absolute atomic E-state index is 0.00210. The molecular formula is C19H23N3O5. The summed E-state index contributed by atoms with van der Waals surface area (Å²) in [5.74, 6) is -1.28. The molecule has 0 spiro atoms. The van der Waals surface area contributed by atoms with E-state index in [4.69, 9.17) is 4.74 Å². The van der Waals surface area contributed by atoms with Crippen LogP contribution >= 0.6 is 0 Å². The number of esters is 1. The lowest BCUT2D eigenvalue weighted by Gasteiger charge is -2.39. The van der Waals surface area contributed by atoms with Crippen molar-refractivity contribution >= 4 is 17.6 Å². The number of carbonyl (C=O) groups is 2. The Balaban J connectivity index is 2.12. The molecule has 8 nitrogen and oxygen atoms in total. The van der Waals surface area contributed by atoms with Crippen LogP contribution in [0.2, 0.25) is 0 Å². The first-order chi connectivity index (χ1) is 12.7. The zero-order valence-electron chi connectivity index (χ0n) is 15.7. The Kier molecular flexibility index (Phi) is 6.16.